The third-order valence-corrected chi connectivity index (χ3v) is 8.31. The molecule has 2 heterocycles. The summed E-state index contributed by atoms with van der Waals surface area (Å²) in [5, 5.41) is 0. The molecular formula is C39H44O10. The predicted octanol–water partition coefficient (Wildman–Crippen LogP) is 7.16. The smallest absolute Gasteiger partial charge is 0.342 e. The summed E-state index contributed by atoms with van der Waals surface area (Å²) in [4.78, 5) is 27.0. The molecule has 3 aromatic rings. The van der Waals surface area contributed by atoms with Crippen LogP contribution >= 0.6 is 0 Å². The van der Waals surface area contributed by atoms with Gasteiger partial charge in [0, 0.05) is 19.1 Å². The molecular weight excluding hydrogens is 628 g/mol. The monoisotopic (exact) mass is 672 g/mol. The van der Waals surface area contributed by atoms with E-state index in [0.29, 0.717) is 23.3 Å². The quantitative estimate of drug-likeness (QED) is 0.132. The van der Waals surface area contributed by atoms with E-state index in [1.54, 1.807) is 49.6 Å². The Labute approximate surface area is 287 Å². The lowest BCUT2D eigenvalue weighted by molar-refractivity contribution is -0.152. The highest BCUT2D eigenvalue weighted by molar-refractivity contribution is 5.97. The van der Waals surface area contributed by atoms with Crippen LogP contribution in [0.2, 0.25) is 0 Å². The first-order valence-electron chi connectivity index (χ1n) is 16.3. The maximum Gasteiger partial charge on any atom is 0.342 e. The Balaban J connectivity index is 1.50. The fourth-order valence-corrected chi connectivity index (χ4v) is 5.58. The van der Waals surface area contributed by atoms with Gasteiger partial charge in [0.25, 0.3) is 0 Å². The molecule has 2 aliphatic heterocycles. The number of cyclic esters (lactones) is 1. The van der Waals surface area contributed by atoms with Gasteiger partial charge >= 0.3 is 11.9 Å². The van der Waals surface area contributed by atoms with Crippen molar-refractivity contribution in [1.29, 1.82) is 0 Å². The molecule has 0 bridgehead atoms. The van der Waals surface area contributed by atoms with Crippen molar-refractivity contribution in [2.24, 2.45) is 5.92 Å². The molecule has 0 N–H and O–H groups in total. The van der Waals surface area contributed by atoms with Crippen LogP contribution in [0, 0.1) is 5.92 Å². The highest BCUT2D eigenvalue weighted by Crippen LogP contribution is 2.36. The Morgan fingerprint density at radius 2 is 1.67 bits per heavy atom. The van der Waals surface area contributed by atoms with Crippen LogP contribution in [-0.2, 0) is 30.3 Å². The number of carbonyl (C=O) groups is 2. The second-order valence-corrected chi connectivity index (χ2v) is 12.4. The number of hydrogen-bond acceptors (Lipinski definition) is 10. The molecule has 0 amide bonds. The minimum atomic E-state index is -0.929. The lowest BCUT2D eigenvalue weighted by Gasteiger charge is -2.25. The number of hydrogen-bond donors (Lipinski definition) is 0. The number of methoxy groups -OCH3 is 2. The van der Waals surface area contributed by atoms with E-state index in [9.17, 15) is 9.59 Å². The average molecular weight is 673 g/mol. The molecule has 3 aromatic carbocycles. The Hall–Kier alpha value is -4.64. The van der Waals surface area contributed by atoms with Gasteiger partial charge in [0.1, 0.15) is 47.7 Å². The molecule has 260 valence electrons. The fourth-order valence-electron chi connectivity index (χ4n) is 5.58. The number of ether oxygens (including phenoxy) is 8. The summed E-state index contributed by atoms with van der Waals surface area (Å²) in [5.41, 5.74) is 2.12. The van der Waals surface area contributed by atoms with Gasteiger partial charge in [-0.1, -0.05) is 55.5 Å². The third-order valence-electron chi connectivity index (χ3n) is 8.31. The molecule has 2 aliphatic rings. The van der Waals surface area contributed by atoms with Crippen molar-refractivity contribution in [3.8, 4) is 17.2 Å². The molecule has 5 atom stereocenters. The van der Waals surface area contributed by atoms with Crippen LogP contribution in [-0.4, -0.2) is 63.2 Å². The van der Waals surface area contributed by atoms with E-state index >= 15 is 0 Å². The molecule has 1 unspecified atom stereocenters. The first-order valence-corrected chi connectivity index (χ1v) is 16.3. The van der Waals surface area contributed by atoms with E-state index in [1.807, 2.05) is 76.3 Å². The summed E-state index contributed by atoms with van der Waals surface area (Å²) in [5.74, 6) is -0.745. The van der Waals surface area contributed by atoms with Gasteiger partial charge in [-0.25, -0.2) is 9.59 Å². The summed E-state index contributed by atoms with van der Waals surface area (Å²) < 4.78 is 47.2. The zero-order valence-corrected chi connectivity index (χ0v) is 28.8. The largest absolute Gasteiger partial charge is 0.497 e. The normalized spacial score (nSPS) is 24.7. The molecule has 0 radical (unpaired) electrons. The predicted molar refractivity (Wildman–Crippen MR) is 183 cm³/mol. The maximum absolute atomic E-state index is 13.8. The van der Waals surface area contributed by atoms with Crippen molar-refractivity contribution in [1.82, 2.24) is 0 Å². The van der Waals surface area contributed by atoms with E-state index in [1.165, 1.54) is 7.11 Å². The van der Waals surface area contributed by atoms with Crippen LogP contribution < -0.4 is 14.2 Å². The zero-order valence-electron chi connectivity index (χ0n) is 28.8. The van der Waals surface area contributed by atoms with Gasteiger partial charge in [0.2, 0.25) is 0 Å². The number of benzene rings is 3. The van der Waals surface area contributed by atoms with E-state index in [4.69, 9.17) is 37.9 Å². The van der Waals surface area contributed by atoms with Gasteiger partial charge in [0.05, 0.1) is 18.8 Å². The standard InChI is InChI=1S/C39H44O10/c1-25-15-20-32(47-37(40)28-11-8-7-9-12-28)36-33(48-39(3,4)49-36)14-10-13-29-21-31(44-23-27-16-18-30(43-6)19-17-27)22-34(45-24-42-5)35(29)38(41)46-26(25)2/h7-13,15-22,25-26,32-33,36H,14,23-24H2,1-6H3/b13-10+,20-15-/t25-,26+,32?,33+,36-/m1/s1. The van der Waals surface area contributed by atoms with Crippen LogP contribution in [0.15, 0.2) is 85.0 Å². The summed E-state index contributed by atoms with van der Waals surface area (Å²) in [6.45, 7) is 7.57. The molecule has 10 heteroatoms. The van der Waals surface area contributed by atoms with Crippen molar-refractivity contribution >= 4 is 18.0 Å². The van der Waals surface area contributed by atoms with Gasteiger partial charge in [-0.3, -0.25) is 0 Å². The highest BCUT2D eigenvalue weighted by atomic mass is 16.8. The highest BCUT2D eigenvalue weighted by Gasteiger charge is 2.45. The lowest BCUT2D eigenvalue weighted by atomic mass is 9.98. The van der Waals surface area contributed by atoms with Crippen LogP contribution in [0.3, 0.4) is 0 Å². The van der Waals surface area contributed by atoms with Crippen LogP contribution in [0.1, 0.15) is 66.0 Å². The van der Waals surface area contributed by atoms with Crippen molar-refractivity contribution in [2.45, 2.75) is 70.9 Å². The zero-order chi connectivity index (χ0) is 35.0. The van der Waals surface area contributed by atoms with Crippen molar-refractivity contribution in [3.63, 3.8) is 0 Å². The molecule has 5 rings (SSSR count). The SMILES string of the molecule is COCOc1cc(OCc2ccc(OC)cc2)cc2c1C(=O)O[C@@H](C)[C@H](C)/C=C\C(OC(=O)c1ccccc1)[C@H]1OC(C)(C)O[C@H]1C/C=C/2. The molecule has 10 nitrogen and oxygen atoms in total. The number of fused-ring (bicyclic) bond motifs is 2. The molecule has 0 spiro atoms. The molecule has 49 heavy (non-hydrogen) atoms. The van der Waals surface area contributed by atoms with E-state index in [2.05, 4.69) is 0 Å². The first-order chi connectivity index (χ1) is 23.6. The Morgan fingerprint density at radius 3 is 2.39 bits per heavy atom. The molecule has 0 aromatic heterocycles. The first kappa shape index (κ1) is 35.7. The number of rotatable bonds is 9. The van der Waals surface area contributed by atoms with Crippen LogP contribution in [0.5, 0.6) is 17.2 Å². The van der Waals surface area contributed by atoms with Crippen LogP contribution in [0.25, 0.3) is 6.08 Å². The van der Waals surface area contributed by atoms with E-state index in [0.717, 1.165) is 11.3 Å². The number of carbonyl (C=O) groups excluding carboxylic acids is 2. The summed E-state index contributed by atoms with van der Waals surface area (Å²) in [6.07, 6.45) is 5.32. The minimum absolute atomic E-state index is 0.0901. The van der Waals surface area contributed by atoms with E-state index in [-0.39, 0.29) is 30.6 Å². The summed E-state index contributed by atoms with van der Waals surface area (Å²) in [7, 11) is 3.12. The van der Waals surface area contributed by atoms with Gasteiger partial charge in [-0.2, -0.15) is 0 Å². The Morgan fingerprint density at radius 1 is 0.918 bits per heavy atom. The van der Waals surface area contributed by atoms with Crippen LogP contribution in [0.4, 0.5) is 0 Å². The Kier molecular flexibility index (Phi) is 11.8. The van der Waals surface area contributed by atoms with Crippen molar-refractivity contribution < 1.29 is 47.5 Å². The van der Waals surface area contributed by atoms with Crippen molar-refractivity contribution in [2.75, 3.05) is 21.0 Å². The minimum Gasteiger partial charge on any atom is -0.497 e. The van der Waals surface area contributed by atoms with Gasteiger partial charge in [0.15, 0.2) is 12.6 Å². The third kappa shape index (κ3) is 9.29. The maximum atomic E-state index is 13.8. The molecule has 0 saturated carbocycles. The van der Waals surface area contributed by atoms with E-state index < -0.39 is 42.1 Å². The summed E-state index contributed by atoms with van der Waals surface area (Å²) in [6, 6.07) is 19.8. The Bertz CT molecular complexity index is 1630. The lowest BCUT2D eigenvalue weighted by Crippen LogP contribution is -2.37. The second-order valence-electron chi connectivity index (χ2n) is 12.4. The summed E-state index contributed by atoms with van der Waals surface area (Å²) >= 11 is 0. The number of esters is 2. The average Bonchev–Trinajstić information content (AvgIpc) is 3.41. The molecule has 1 fully saturated rings. The van der Waals surface area contributed by atoms with Gasteiger partial charge < -0.3 is 37.9 Å². The fraction of sp³-hybridized carbons (Fsp3) is 0.385. The van der Waals surface area contributed by atoms with Gasteiger partial charge in [-0.05, 0) is 74.7 Å². The molecule has 0 aliphatic carbocycles. The van der Waals surface area contributed by atoms with Crippen molar-refractivity contribution in [3.05, 3.63) is 107 Å². The molecule has 1 saturated heterocycles. The second kappa shape index (κ2) is 16.2. The topological polar surface area (TPSA) is 108 Å². The van der Waals surface area contributed by atoms with Gasteiger partial charge in [-0.15, -0.1) is 0 Å².